The summed E-state index contributed by atoms with van der Waals surface area (Å²) < 4.78 is 36.9. The van der Waals surface area contributed by atoms with E-state index in [4.69, 9.17) is 32.0 Å². The van der Waals surface area contributed by atoms with Crippen LogP contribution in [0.25, 0.3) is 11.2 Å². The van der Waals surface area contributed by atoms with E-state index in [0.717, 1.165) is 18.0 Å². The van der Waals surface area contributed by atoms with Gasteiger partial charge in [0, 0.05) is 17.8 Å². The number of benzene rings is 1. The van der Waals surface area contributed by atoms with Gasteiger partial charge in [0.05, 0.1) is 18.5 Å². The lowest BCUT2D eigenvalue weighted by molar-refractivity contribution is -0.112. The van der Waals surface area contributed by atoms with E-state index in [2.05, 4.69) is 15.0 Å². The number of imidazole rings is 1. The highest BCUT2D eigenvalue weighted by Gasteiger charge is 2.31. The molecule has 0 radical (unpaired) electrons. The van der Waals surface area contributed by atoms with Gasteiger partial charge in [-0.25, -0.2) is 19.7 Å². The molecule has 7 N–H and O–H groups in total. The number of amides is 1. The number of carbonyl (C=O) groups is 1. The molecule has 0 saturated heterocycles. The smallest absolute Gasteiger partial charge is 0.362 e. The summed E-state index contributed by atoms with van der Waals surface area (Å²) in [5, 5.41) is 21.3. The van der Waals surface area contributed by atoms with E-state index in [0.29, 0.717) is 0 Å². The van der Waals surface area contributed by atoms with Crippen LogP contribution < -0.4 is 16.2 Å². The van der Waals surface area contributed by atoms with Crippen molar-refractivity contribution in [3.63, 3.8) is 0 Å². The molecule has 0 aliphatic carbocycles. The zero-order valence-corrected chi connectivity index (χ0v) is 18.6. The predicted molar refractivity (Wildman–Crippen MR) is 116 cm³/mol. The summed E-state index contributed by atoms with van der Waals surface area (Å²) in [5.74, 6) is -0.990. The van der Waals surface area contributed by atoms with Gasteiger partial charge >= 0.3 is 10.3 Å². The maximum atomic E-state index is 12.2. The number of anilines is 2. The van der Waals surface area contributed by atoms with Crippen LogP contribution in [0.1, 0.15) is 16.6 Å². The van der Waals surface area contributed by atoms with Crippen molar-refractivity contribution in [1.82, 2.24) is 24.2 Å². The monoisotopic (exact) mass is 501 g/mol. The average Bonchev–Trinajstić information content (AvgIpc) is 3.18. The van der Waals surface area contributed by atoms with Crippen molar-refractivity contribution in [3.05, 3.63) is 41.4 Å². The number of ether oxygens (including phenoxy) is 1. The number of nitrogens with two attached hydrogens (primary N) is 2. The van der Waals surface area contributed by atoms with Gasteiger partial charge in [0.25, 0.3) is 5.91 Å². The molecule has 3 aromatic rings. The molecule has 3 rings (SSSR count). The predicted octanol–water partition coefficient (Wildman–Crippen LogP) is -0.798. The van der Waals surface area contributed by atoms with E-state index in [1.807, 2.05) is 0 Å². The summed E-state index contributed by atoms with van der Waals surface area (Å²) >= 11 is 5.76. The zero-order chi connectivity index (χ0) is 24.3. The van der Waals surface area contributed by atoms with Gasteiger partial charge in [-0.05, 0) is 18.2 Å². The van der Waals surface area contributed by atoms with Gasteiger partial charge in [0.2, 0.25) is 0 Å². The van der Waals surface area contributed by atoms with E-state index in [1.165, 1.54) is 24.5 Å². The minimum atomic E-state index is -4.63. The molecule has 0 saturated carbocycles. The highest BCUT2D eigenvalue weighted by molar-refractivity contribution is 7.85. The first-order valence-electron chi connectivity index (χ1n) is 9.12. The quantitative estimate of drug-likeness (QED) is 0.227. The number of rotatable bonds is 9. The Morgan fingerprint density at radius 1 is 1.27 bits per heavy atom. The van der Waals surface area contributed by atoms with E-state index in [-0.39, 0.29) is 33.3 Å². The minimum absolute atomic E-state index is 0.0412. The van der Waals surface area contributed by atoms with Crippen molar-refractivity contribution in [2.45, 2.75) is 18.4 Å². The zero-order valence-electron chi connectivity index (χ0n) is 17.0. The van der Waals surface area contributed by atoms with Gasteiger partial charge in [0.1, 0.15) is 24.1 Å². The largest absolute Gasteiger partial charge is 0.398 e. The first-order chi connectivity index (χ1) is 15.5. The molecule has 16 heteroatoms. The third-order valence-corrected chi connectivity index (χ3v) is 5.64. The molecule has 0 bridgehead atoms. The molecule has 2 aromatic heterocycles. The molecule has 3 atom stereocenters. The summed E-state index contributed by atoms with van der Waals surface area (Å²) in [6.45, 7) is -0.753. The average molecular weight is 502 g/mol. The van der Waals surface area contributed by atoms with E-state index >= 15 is 0 Å². The lowest BCUT2D eigenvalue weighted by Crippen LogP contribution is -2.41. The van der Waals surface area contributed by atoms with Crippen molar-refractivity contribution in [3.8, 4) is 0 Å². The van der Waals surface area contributed by atoms with Crippen LogP contribution in [0.3, 0.4) is 0 Å². The maximum Gasteiger partial charge on any atom is 0.362 e. The fourth-order valence-electron chi connectivity index (χ4n) is 2.82. The number of nitrogens with zero attached hydrogens (tertiary/aromatic N) is 4. The molecule has 1 aromatic carbocycles. The van der Waals surface area contributed by atoms with Crippen molar-refractivity contribution in [2.24, 2.45) is 0 Å². The number of aliphatic hydroxyl groups is 2. The molecule has 33 heavy (non-hydrogen) atoms. The number of aliphatic hydroxyl groups excluding tert-OH is 2. The van der Waals surface area contributed by atoms with Crippen LogP contribution in [-0.2, 0) is 19.2 Å². The Morgan fingerprint density at radius 2 is 2.00 bits per heavy atom. The number of aromatic nitrogens is 4. The standard InChI is InChI=1S/C17H20ClN7O7S/c1-31-11(13(26)17(28)25-7-23-12-14(20)21-6-22-15(12)25)5-32-33(29,30)24-16(27)9-3-2-8(18)4-10(9)19/h2-4,6-7,11,13,17,26,28H,5,19H2,1H3,(H,24,27)(H2,20,21,22)/t11-,13-,17-/m1/s1. The molecular weight excluding hydrogens is 482 g/mol. The van der Waals surface area contributed by atoms with Crippen LogP contribution >= 0.6 is 11.6 Å². The Balaban J connectivity index is 1.68. The molecule has 178 valence electrons. The number of hydrogen-bond donors (Lipinski definition) is 5. The Bertz CT molecular complexity index is 1270. The number of halogens is 1. The second-order valence-electron chi connectivity index (χ2n) is 6.66. The van der Waals surface area contributed by atoms with Crippen LogP contribution in [0.15, 0.2) is 30.9 Å². The van der Waals surface area contributed by atoms with Crippen molar-refractivity contribution in [1.29, 1.82) is 0 Å². The highest BCUT2D eigenvalue weighted by atomic mass is 35.5. The molecule has 14 nitrogen and oxygen atoms in total. The van der Waals surface area contributed by atoms with Gasteiger partial charge in [-0.2, -0.15) is 8.42 Å². The number of fused-ring (bicyclic) bond motifs is 1. The maximum absolute atomic E-state index is 12.2. The summed E-state index contributed by atoms with van der Waals surface area (Å²) in [5.41, 5.74) is 11.5. The Morgan fingerprint density at radius 3 is 2.67 bits per heavy atom. The number of hydrogen-bond acceptors (Lipinski definition) is 12. The number of carbonyl (C=O) groups excluding carboxylic acids is 1. The lowest BCUT2D eigenvalue weighted by Gasteiger charge is -2.26. The van der Waals surface area contributed by atoms with Crippen LogP contribution in [0.2, 0.25) is 5.02 Å². The summed E-state index contributed by atoms with van der Waals surface area (Å²) in [7, 11) is -3.47. The third kappa shape index (κ3) is 5.47. The fourth-order valence-corrected chi connectivity index (χ4v) is 3.71. The molecular formula is C17H20ClN7O7S. The van der Waals surface area contributed by atoms with Crippen molar-refractivity contribution in [2.75, 3.05) is 25.2 Å². The summed E-state index contributed by atoms with van der Waals surface area (Å²) in [4.78, 5) is 23.9. The van der Waals surface area contributed by atoms with Gasteiger partial charge in [0.15, 0.2) is 17.7 Å². The number of nitrogen functional groups attached to an aromatic ring is 2. The Hall–Kier alpha value is -3.08. The molecule has 2 heterocycles. The number of nitrogens with one attached hydrogen (secondary N) is 1. The first-order valence-corrected chi connectivity index (χ1v) is 10.9. The number of methoxy groups -OCH3 is 1. The van der Waals surface area contributed by atoms with E-state index < -0.39 is 41.3 Å². The van der Waals surface area contributed by atoms with Gasteiger partial charge in [-0.1, -0.05) is 11.6 Å². The third-order valence-electron chi connectivity index (χ3n) is 4.52. The first kappa shape index (κ1) is 24.6. The normalized spacial score (nSPS) is 14.7. The molecule has 0 fully saturated rings. The topological polar surface area (TPSA) is 218 Å². The summed E-state index contributed by atoms with van der Waals surface area (Å²) in [6.07, 6.45) is -2.38. The van der Waals surface area contributed by atoms with Gasteiger partial charge < -0.3 is 26.4 Å². The summed E-state index contributed by atoms with van der Waals surface area (Å²) in [6, 6.07) is 3.88. The Labute approximate surface area is 192 Å². The van der Waals surface area contributed by atoms with Gasteiger partial charge in [-0.3, -0.25) is 13.5 Å². The lowest BCUT2D eigenvalue weighted by atomic mass is 10.2. The molecule has 1 amide bonds. The van der Waals surface area contributed by atoms with E-state index in [1.54, 1.807) is 4.72 Å². The van der Waals surface area contributed by atoms with Crippen LogP contribution in [-0.4, -0.2) is 70.0 Å². The van der Waals surface area contributed by atoms with Crippen LogP contribution in [0, 0.1) is 0 Å². The molecule has 0 aliphatic rings. The molecule has 0 spiro atoms. The molecule has 0 aliphatic heterocycles. The van der Waals surface area contributed by atoms with Crippen LogP contribution in [0.4, 0.5) is 11.5 Å². The van der Waals surface area contributed by atoms with Crippen molar-refractivity contribution >= 4 is 50.5 Å². The Kier molecular flexibility index (Phi) is 7.31. The van der Waals surface area contributed by atoms with Crippen LogP contribution in [0.5, 0.6) is 0 Å². The van der Waals surface area contributed by atoms with E-state index in [9.17, 15) is 23.4 Å². The highest BCUT2D eigenvalue weighted by Crippen LogP contribution is 2.22. The van der Waals surface area contributed by atoms with Crippen molar-refractivity contribution < 1.29 is 32.3 Å². The second kappa shape index (κ2) is 9.82. The van der Waals surface area contributed by atoms with Gasteiger partial charge in [-0.15, -0.1) is 0 Å². The fraction of sp³-hybridized carbons (Fsp3) is 0.294. The second-order valence-corrected chi connectivity index (χ2v) is 8.45. The minimum Gasteiger partial charge on any atom is -0.398 e. The molecule has 0 unspecified atom stereocenters. The SMILES string of the molecule is CO[C@H](COS(=O)(=O)NC(=O)c1ccc(Cl)cc1N)[C@@H](O)[C@@H](O)n1cnc2c(N)ncnc21.